The first-order chi connectivity index (χ1) is 11.9. The highest BCUT2D eigenvalue weighted by Crippen LogP contribution is 2.39. The number of carbonyl (C=O) groups is 1. The molecule has 1 saturated heterocycles. The Balaban J connectivity index is 1.81. The van der Waals surface area contributed by atoms with Gasteiger partial charge in [-0.15, -0.1) is 0 Å². The Bertz CT molecular complexity index is 731. The van der Waals surface area contributed by atoms with Gasteiger partial charge >= 0.3 is 5.97 Å². The van der Waals surface area contributed by atoms with E-state index in [1.165, 1.54) is 11.7 Å². The molecule has 3 atom stereocenters. The van der Waals surface area contributed by atoms with Gasteiger partial charge in [0.1, 0.15) is 30.6 Å². The number of aliphatic hydroxyl groups excluding tert-OH is 1. The molecule has 0 unspecified atom stereocenters. The van der Waals surface area contributed by atoms with Gasteiger partial charge < -0.3 is 19.3 Å². The van der Waals surface area contributed by atoms with Crippen molar-refractivity contribution in [3.05, 3.63) is 42.2 Å². The number of rotatable bonds is 5. The van der Waals surface area contributed by atoms with Crippen LogP contribution in [0.15, 0.2) is 36.5 Å². The number of hydrogen-bond acceptors (Lipinski definition) is 7. The topological polar surface area (TPSA) is 95.7 Å². The van der Waals surface area contributed by atoms with Crippen LogP contribution in [0.1, 0.15) is 32.6 Å². The molecule has 25 heavy (non-hydrogen) atoms. The smallest absolute Gasteiger partial charge is 0.302 e. The fourth-order valence-electron chi connectivity index (χ4n) is 2.69. The fourth-order valence-corrected chi connectivity index (χ4v) is 2.69. The average Bonchev–Trinajstić information content (AvgIpc) is 3.17. The van der Waals surface area contributed by atoms with Crippen LogP contribution in [0.4, 0.5) is 0 Å². The maximum atomic E-state index is 11.0. The molecule has 1 aliphatic heterocycles. The van der Waals surface area contributed by atoms with Crippen LogP contribution >= 0.6 is 0 Å². The minimum absolute atomic E-state index is 0.178. The summed E-state index contributed by atoms with van der Waals surface area (Å²) in [6, 6.07) is 9.45. The summed E-state index contributed by atoms with van der Waals surface area (Å²) in [6.45, 7) is 4.61. The van der Waals surface area contributed by atoms with Crippen molar-refractivity contribution in [1.29, 1.82) is 0 Å². The van der Waals surface area contributed by atoms with Crippen molar-refractivity contribution in [2.45, 2.75) is 44.9 Å². The number of esters is 1. The second-order valence-corrected chi connectivity index (χ2v) is 6.29. The highest BCUT2D eigenvalue weighted by molar-refractivity contribution is 5.65. The molecule has 3 rings (SSSR count). The summed E-state index contributed by atoms with van der Waals surface area (Å²) in [5, 5.41) is 19.0. The maximum Gasteiger partial charge on any atom is 0.302 e. The lowest BCUT2D eigenvalue weighted by molar-refractivity contribution is -0.162. The van der Waals surface area contributed by atoms with Crippen LogP contribution in [-0.2, 0) is 19.0 Å². The summed E-state index contributed by atoms with van der Waals surface area (Å²) in [6.07, 6.45) is -0.820. The van der Waals surface area contributed by atoms with E-state index in [1.807, 2.05) is 30.3 Å². The monoisotopic (exact) mass is 347 g/mol. The zero-order valence-electron chi connectivity index (χ0n) is 14.3. The molecule has 0 spiro atoms. The van der Waals surface area contributed by atoms with Crippen molar-refractivity contribution in [2.24, 2.45) is 0 Å². The average molecular weight is 347 g/mol. The molecule has 8 heteroatoms. The van der Waals surface area contributed by atoms with Gasteiger partial charge in [0, 0.05) is 6.92 Å². The lowest BCUT2D eigenvalue weighted by Crippen LogP contribution is -2.36. The first kappa shape index (κ1) is 17.5. The van der Waals surface area contributed by atoms with Gasteiger partial charge in [0.05, 0.1) is 11.9 Å². The molecule has 1 aromatic heterocycles. The van der Waals surface area contributed by atoms with E-state index in [0.29, 0.717) is 5.69 Å². The van der Waals surface area contributed by atoms with Gasteiger partial charge in [0.25, 0.3) is 0 Å². The van der Waals surface area contributed by atoms with E-state index >= 15 is 0 Å². The van der Waals surface area contributed by atoms with Gasteiger partial charge in [-0.05, 0) is 26.0 Å². The van der Waals surface area contributed by atoms with E-state index in [2.05, 4.69) is 10.2 Å². The quantitative estimate of drug-likeness (QED) is 0.816. The maximum absolute atomic E-state index is 11.0. The van der Waals surface area contributed by atoms with E-state index in [-0.39, 0.29) is 6.61 Å². The molecule has 2 aromatic rings. The lowest BCUT2D eigenvalue weighted by atomic mass is 10.1. The van der Waals surface area contributed by atoms with Crippen LogP contribution in [0, 0.1) is 0 Å². The van der Waals surface area contributed by atoms with E-state index in [4.69, 9.17) is 14.2 Å². The first-order valence-corrected chi connectivity index (χ1v) is 8.00. The zero-order chi connectivity index (χ0) is 18.0. The fraction of sp³-hybridized carbons (Fsp3) is 0.471. The minimum Gasteiger partial charge on any atom is -0.463 e. The van der Waals surface area contributed by atoms with Crippen LogP contribution in [0.5, 0.6) is 0 Å². The number of hydrogen-bond donors (Lipinski definition) is 1. The van der Waals surface area contributed by atoms with Crippen molar-refractivity contribution >= 4 is 5.97 Å². The number of carbonyl (C=O) groups excluding carboxylic acids is 1. The largest absolute Gasteiger partial charge is 0.463 e. The summed E-state index contributed by atoms with van der Waals surface area (Å²) in [5.74, 6) is -1.37. The number of aliphatic hydroxyl groups is 1. The van der Waals surface area contributed by atoms with Gasteiger partial charge in [0.15, 0.2) is 5.79 Å². The normalized spacial score (nSPS) is 23.4. The van der Waals surface area contributed by atoms with Gasteiger partial charge in [-0.1, -0.05) is 18.2 Å². The third-order valence-corrected chi connectivity index (χ3v) is 3.75. The molecule has 1 fully saturated rings. The van der Waals surface area contributed by atoms with Gasteiger partial charge in [-0.25, -0.2) is 0 Å². The molecule has 1 aliphatic rings. The van der Waals surface area contributed by atoms with E-state index in [1.54, 1.807) is 20.0 Å². The van der Waals surface area contributed by atoms with Crippen LogP contribution in [0.3, 0.4) is 0 Å². The summed E-state index contributed by atoms with van der Waals surface area (Å²) in [4.78, 5) is 12.5. The van der Waals surface area contributed by atoms with Gasteiger partial charge in [0.2, 0.25) is 0 Å². The van der Waals surface area contributed by atoms with Crippen molar-refractivity contribution in [3.63, 3.8) is 0 Å². The summed E-state index contributed by atoms with van der Waals surface area (Å²) < 4.78 is 16.5. The highest BCUT2D eigenvalue weighted by atomic mass is 16.8. The Morgan fingerprint density at radius 2 is 2.08 bits per heavy atom. The Labute approximate surface area is 145 Å². The Morgan fingerprint density at radius 1 is 1.36 bits per heavy atom. The third-order valence-electron chi connectivity index (χ3n) is 3.75. The second kappa shape index (κ2) is 6.91. The molecule has 0 bridgehead atoms. The lowest BCUT2D eigenvalue weighted by Gasteiger charge is -2.21. The van der Waals surface area contributed by atoms with Gasteiger partial charge in [-0.3, -0.25) is 4.79 Å². The molecule has 0 radical (unpaired) electrons. The van der Waals surface area contributed by atoms with Gasteiger partial charge in [-0.2, -0.15) is 15.0 Å². The Hall–Kier alpha value is -2.29. The Kier molecular flexibility index (Phi) is 4.85. The van der Waals surface area contributed by atoms with E-state index < -0.39 is 30.1 Å². The standard InChI is InChI=1S/C17H21N3O5/c1-11(21)23-10-14(22)16-15(24-17(2,3)25-16)13-9-18-20(19-13)12-7-5-4-6-8-12/h4-9,14-16,22H,10H2,1-3H3/t14-,15-,16-/m1/s1. The molecule has 134 valence electrons. The van der Waals surface area contributed by atoms with Crippen LogP contribution in [-0.4, -0.2) is 50.7 Å². The van der Waals surface area contributed by atoms with E-state index in [9.17, 15) is 9.90 Å². The second-order valence-electron chi connectivity index (χ2n) is 6.29. The molecular formula is C17H21N3O5. The van der Waals surface area contributed by atoms with Crippen LogP contribution in [0.25, 0.3) is 5.69 Å². The molecule has 1 N–H and O–H groups in total. The number of ether oxygens (including phenoxy) is 3. The van der Waals surface area contributed by atoms with Crippen molar-refractivity contribution in [2.75, 3.05) is 6.61 Å². The summed E-state index contributed by atoms with van der Waals surface area (Å²) >= 11 is 0. The van der Waals surface area contributed by atoms with Crippen molar-refractivity contribution < 1.29 is 24.1 Å². The summed E-state index contributed by atoms with van der Waals surface area (Å²) in [5.41, 5.74) is 1.34. The zero-order valence-corrected chi connectivity index (χ0v) is 14.3. The first-order valence-electron chi connectivity index (χ1n) is 8.00. The molecule has 0 aliphatic carbocycles. The van der Waals surface area contributed by atoms with Crippen molar-refractivity contribution in [1.82, 2.24) is 15.0 Å². The molecule has 2 heterocycles. The minimum atomic E-state index is -1.04. The number of para-hydroxylation sites is 1. The predicted octanol–water partition coefficient (Wildman–Crippen LogP) is 1.38. The molecule has 8 nitrogen and oxygen atoms in total. The highest BCUT2D eigenvalue weighted by Gasteiger charge is 2.47. The molecule has 1 aromatic carbocycles. The number of aromatic nitrogens is 3. The van der Waals surface area contributed by atoms with Crippen LogP contribution < -0.4 is 0 Å². The third kappa shape index (κ3) is 4.04. The predicted molar refractivity (Wildman–Crippen MR) is 86.8 cm³/mol. The molecule has 0 saturated carbocycles. The summed E-state index contributed by atoms with van der Waals surface area (Å²) in [7, 11) is 0. The van der Waals surface area contributed by atoms with E-state index in [0.717, 1.165) is 5.69 Å². The van der Waals surface area contributed by atoms with Crippen molar-refractivity contribution in [3.8, 4) is 5.69 Å². The number of nitrogens with zero attached hydrogens (tertiary/aromatic N) is 3. The Morgan fingerprint density at radius 3 is 2.76 bits per heavy atom. The molecule has 0 amide bonds. The van der Waals surface area contributed by atoms with Crippen LogP contribution in [0.2, 0.25) is 0 Å². The number of benzene rings is 1. The molecular weight excluding hydrogens is 326 g/mol. The SMILES string of the molecule is CC(=O)OC[C@@H](O)[C@H]1OC(C)(C)O[C@@H]1c1cnn(-c2ccccc2)n1.